The SMILES string of the molecule is O=C(O)CSc1nc2cc(Cl)ccc2n1CC1CCCO1. The Morgan fingerprint density at radius 2 is 2.43 bits per heavy atom. The van der Waals surface area contributed by atoms with Crippen LogP contribution in [0.4, 0.5) is 0 Å². The first-order chi connectivity index (χ1) is 10.1. The standard InChI is InChI=1S/C14H15ClN2O3S/c15-9-3-4-12-11(6-9)16-14(21-8-13(18)19)17(12)7-10-2-1-5-20-10/h3-4,6,10H,1-2,5,7-8H2,(H,18,19). The van der Waals surface area contributed by atoms with Crippen LogP contribution in [0, 0.1) is 0 Å². The molecule has 0 radical (unpaired) electrons. The van der Waals surface area contributed by atoms with Gasteiger partial charge in [-0.2, -0.15) is 0 Å². The number of carboxylic acid groups (broad SMARTS) is 1. The maximum Gasteiger partial charge on any atom is 0.313 e. The van der Waals surface area contributed by atoms with Gasteiger partial charge in [0.2, 0.25) is 0 Å². The maximum atomic E-state index is 10.8. The van der Waals surface area contributed by atoms with Crippen molar-refractivity contribution in [3.05, 3.63) is 23.2 Å². The van der Waals surface area contributed by atoms with Gasteiger partial charge in [-0.05, 0) is 31.0 Å². The third kappa shape index (κ3) is 3.33. The van der Waals surface area contributed by atoms with Gasteiger partial charge in [0.05, 0.1) is 29.4 Å². The second-order valence-corrected chi connectivity index (χ2v) is 6.33. The lowest BCUT2D eigenvalue weighted by Crippen LogP contribution is -2.16. The highest BCUT2D eigenvalue weighted by molar-refractivity contribution is 7.99. The molecule has 1 aromatic carbocycles. The van der Waals surface area contributed by atoms with E-state index in [0.717, 1.165) is 30.5 Å². The number of aliphatic carboxylic acids is 1. The lowest BCUT2D eigenvalue weighted by molar-refractivity contribution is -0.133. The van der Waals surface area contributed by atoms with E-state index in [2.05, 4.69) is 4.98 Å². The first-order valence-corrected chi connectivity index (χ1v) is 8.12. The van der Waals surface area contributed by atoms with Crippen molar-refractivity contribution in [1.82, 2.24) is 9.55 Å². The van der Waals surface area contributed by atoms with Gasteiger partial charge in [-0.3, -0.25) is 4.79 Å². The number of rotatable bonds is 5. The van der Waals surface area contributed by atoms with Crippen molar-refractivity contribution in [3.63, 3.8) is 0 Å². The minimum absolute atomic E-state index is 0.0113. The number of imidazole rings is 1. The quantitative estimate of drug-likeness (QED) is 0.856. The summed E-state index contributed by atoms with van der Waals surface area (Å²) in [4.78, 5) is 15.3. The molecule has 0 amide bonds. The fourth-order valence-electron chi connectivity index (χ4n) is 2.49. The van der Waals surface area contributed by atoms with Gasteiger partial charge < -0.3 is 14.4 Å². The molecular weight excluding hydrogens is 312 g/mol. The predicted molar refractivity (Wildman–Crippen MR) is 82.1 cm³/mol. The Morgan fingerprint density at radius 1 is 1.57 bits per heavy atom. The average Bonchev–Trinajstić information content (AvgIpc) is 3.05. The molecule has 1 saturated heterocycles. The number of aromatic nitrogens is 2. The zero-order chi connectivity index (χ0) is 14.8. The fourth-order valence-corrected chi connectivity index (χ4v) is 3.40. The van der Waals surface area contributed by atoms with Crippen molar-refractivity contribution in [2.75, 3.05) is 12.4 Å². The molecule has 0 spiro atoms. The molecule has 1 unspecified atom stereocenters. The van der Waals surface area contributed by atoms with Gasteiger partial charge in [-0.15, -0.1) is 0 Å². The lowest BCUT2D eigenvalue weighted by atomic mass is 10.2. The van der Waals surface area contributed by atoms with Gasteiger partial charge in [-0.25, -0.2) is 4.98 Å². The van der Waals surface area contributed by atoms with E-state index in [1.807, 2.05) is 16.7 Å². The van der Waals surface area contributed by atoms with Crippen LogP contribution in [0.1, 0.15) is 12.8 Å². The van der Waals surface area contributed by atoms with Crippen molar-refractivity contribution in [2.24, 2.45) is 0 Å². The molecule has 7 heteroatoms. The number of hydrogen-bond donors (Lipinski definition) is 1. The van der Waals surface area contributed by atoms with Crippen LogP contribution in [0.15, 0.2) is 23.4 Å². The number of hydrogen-bond acceptors (Lipinski definition) is 4. The molecule has 1 atom stereocenters. The Labute approximate surface area is 131 Å². The van der Waals surface area contributed by atoms with Gasteiger partial charge in [0.1, 0.15) is 0 Å². The molecule has 1 N–H and O–H groups in total. The van der Waals surface area contributed by atoms with E-state index in [4.69, 9.17) is 21.4 Å². The van der Waals surface area contributed by atoms with Crippen LogP contribution < -0.4 is 0 Å². The summed E-state index contributed by atoms with van der Waals surface area (Å²) in [5, 5.41) is 10.2. The van der Waals surface area contributed by atoms with Crippen LogP contribution in [0.3, 0.4) is 0 Å². The third-order valence-corrected chi connectivity index (χ3v) is 4.61. The van der Waals surface area contributed by atoms with E-state index in [-0.39, 0.29) is 11.9 Å². The second-order valence-electron chi connectivity index (χ2n) is 4.96. The summed E-state index contributed by atoms with van der Waals surface area (Å²) in [6, 6.07) is 5.54. The number of ether oxygens (including phenoxy) is 1. The van der Waals surface area contributed by atoms with Crippen molar-refractivity contribution in [3.8, 4) is 0 Å². The van der Waals surface area contributed by atoms with Crippen LogP contribution >= 0.6 is 23.4 Å². The first-order valence-electron chi connectivity index (χ1n) is 6.75. The maximum absolute atomic E-state index is 10.8. The number of nitrogens with zero attached hydrogens (tertiary/aromatic N) is 2. The van der Waals surface area contributed by atoms with E-state index in [9.17, 15) is 4.79 Å². The van der Waals surface area contributed by atoms with E-state index in [1.54, 1.807) is 6.07 Å². The zero-order valence-electron chi connectivity index (χ0n) is 11.3. The summed E-state index contributed by atoms with van der Waals surface area (Å²) in [6.45, 7) is 1.49. The molecule has 1 aliphatic heterocycles. The van der Waals surface area contributed by atoms with Crippen molar-refractivity contribution >= 4 is 40.4 Å². The Hall–Kier alpha value is -1.24. The number of carbonyl (C=O) groups is 1. The number of benzene rings is 1. The normalized spacial score (nSPS) is 18.4. The highest BCUT2D eigenvalue weighted by Crippen LogP contribution is 2.28. The smallest absolute Gasteiger partial charge is 0.313 e. The van der Waals surface area contributed by atoms with Crippen LogP contribution in [0.2, 0.25) is 5.02 Å². The molecule has 21 heavy (non-hydrogen) atoms. The predicted octanol–water partition coefficient (Wildman–Crippen LogP) is 3.05. The van der Waals surface area contributed by atoms with E-state index in [1.165, 1.54) is 11.8 Å². The van der Waals surface area contributed by atoms with Crippen LogP contribution in [-0.4, -0.2) is 39.1 Å². The number of halogens is 1. The molecule has 5 nitrogen and oxygen atoms in total. The minimum Gasteiger partial charge on any atom is -0.481 e. The topological polar surface area (TPSA) is 64.3 Å². The zero-order valence-corrected chi connectivity index (χ0v) is 12.9. The van der Waals surface area contributed by atoms with Crippen molar-refractivity contribution in [1.29, 1.82) is 0 Å². The molecule has 2 heterocycles. The monoisotopic (exact) mass is 326 g/mol. The van der Waals surface area contributed by atoms with Gasteiger partial charge in [0.15, 0.2) is 5.16 Å². The Balaban J connectivity index is 1.95. The van der Waals surface area contributed by atoms with Crippen LogP contribution in [0.5, 0.6) is 0 Å². The molecule has 112 valence electrons. The van der Waals surface area contributed by atoms with Gasteiger partial charge in [-0.1, -0.05) is 23.4 Å². The second kappa shape index (κ2) is 6.25. The van der Waals surface area contributed by atoms with E-state index in [0.29, 0.717) is 16.7 Å². The van der Waals surface area contributed by atoms with Crippen LogP contribution in [-0.2, 0) is 16.1 Å². The highest BCUT2D eigenvalue weighted by atomic mass is 35.5. The average molecular weight is 327 g/mol. The molecule has 0 bridgehead atoms. The van der Waals surface area contributed by atoms with E-state index >= 15 is 0 Å². The van der Waals surface area contributed by atoms with Crippen LogP contribution in [0.25, 0.3) is 11.0 Å². The summed E-state index contributed by atoms with van der Waals surface area (Å²) in [5.41, 5.74) is 1.75. The number of fused-ring (bicyclic) bond motifs is 1. The Morgan fingerprint density at radius 3 is 3.14 bits per heavy atom. The molecule has 1 aromatic heterocycles. The summed E-state index contributed by atoms with van der Waals surface area (Å²) >= 11 is 7.23. The third-order valence-electron chi connectivity index (χ3n) is 3.41. The van der Waals surface area contributed by atoms with Crippen molar-refractivity contribution < 1.29 is 14.6 Å². The minimum atomic E-state index is -0.853. The van der Waals surface area contributed by atoms with Gasteiger partial charge in [0.25, 0.3) is 0 Å². The van der Waals surface area contributed by atoms with E-state index < -0.39 is 5.97 Å². The summed E-state index contributed by atoms with van der Waals surface area (Å²) in [6.07, 6.45) is 2.26. The first kappa shape index (κ1) is 14.7. The molecule has 0 aliphatic carbocycles. The van der Waals surface area contributed by atoms with Crippen molar-refractivity contribution in [2.45, 2.75) is 30.6 Å². The van der Waals surface area contributed by atoms with Gasteiger partial charge >= 0.3 is 5.97 Å². The summed E-state index contributed by atoms with van der Waals surface area (Å²) in [7, 11) is 0. The molecule has 1 fully saturated rings. The number of carboxylic acids is 1. The molecule has 3 rings (SSSR count). The number of thioether (sulfide) groups is 1. The Kier molecular flexibility index (Phi) is 4.37. The largest absolute Gasteiger partial charge is 0.481 e. The lowest BCUT2D eigenvalue weighted by Gasteiger charge is -2.13. The summed E-state index contributed by atoms with van der Waals surface area (Å²) in [5.74, 6) is -0.864. The molecule has 2 aromatic rings. The van der Waals surface area contributed by atoms with Gasteiger partial charge in [0, 0.05) is 11.6 Å². The summed E-state index contributed by atoms with van der Waals surface area (Å²) < 4.78 is 7.72. The molecular formula is C14H15ClN2O3S. The fraction of sp³-hybridized carbons (Fsp3) is 0.429. The Bertz CT molecular complexity index is 668. The highest BCUT2D eigenvalue weighted by Gasteiger charge is 2.20. The molecule has 0 saturated carbocycles. The molecule has 1 aliphatic rings.